The summed E-state index contributed by atoms with van der Waals surface area (Å²) in [7, 11) is 5.18. The number of halogens is 1. The predicted octanol–water partition coefficient (Wildman–Crippen LogP) is 2.68. The van der Waals surface area contributed by atoms with Gasteiger partial charge in [0.15, 0.2) is 12.6 Å². The number of benzene rings is 2. The zero-order valence-electron chi connectivity index (χ0n) is 16.6. The van der Waals surface area contributed by atoms with Crippen LogP contribution in [0.1, 0.15) is 11.1 Å². The van der Waals surface area contributed by atoms with Gasteiger partial charge in [-0.15, -0.1) is 24.0 Å². The maximum atomic E-state index is 11.6. The van der Waals surface area contributed by atoms with Crippen molar-refractivity contribution in [1.82, 2.24) is 15.5 Å². The van der Waals surface area contributed by atoms with Gasteiger partial charge in [-0.1, -0.05) is 42.5 Å². The molecule has 1 amide bonds. The summed E-state index contributed by atoms with van der Waals surface area (Å²) in [5.74, 6) is 1.36. The van der Waals surface area contributed by atoms with Crippen molar-refractivity contribution in [3.8, 4) is 5.75 Å². The smallest absolute Gasteiger partial charge is 0.259 e. The van der Waals surface area contributed by atoms with Gasteiger partial charge in [0.05, 0.1) is 0 Å². The number of carbonyl (C=O) groups is 1. The number of nitrogens with zero attached hydrogens (tertiary/aromatic N) is 2. The lowest BCUT2D eigenvalue weighted by Crippen LogP contribution is -2.37. The number of rotatable bonds is 8. The van der Waals surface area contributed by atoms with Crippen LogP contribution in [0.15, 0.2) is 59.6 Å². The second-order valence-corrected chi connectivity index (χ2v) is 6.31. The van der Waals surface area contributed by atoms with Crippen LogP contribution in [0.5, 0.6) is 5.75 Å². The molecule has 0 spiro atoms. The normalized spacial score (nSPS) is 10.6. The molecule has 28 heavy (non-hydrogen) atoms. The van der Waals surface area contributed by atoms with Gasteiger partial charge in [-0.2, -0.15) is 0 Å². The third kappa shape index (κ3) is 8.60. The standard InChI is InChI=1S/C21H28N4O2.HI/c1-22-21(23-13-12-17-8-5-4-6-9-17)24-15-18-10-7-11-19(14-18)27-16-20(26)25(2)3;/h4-11,14H,12-13,15-16H2,1-3H3,(H2,22,23,24);1H. The molecule has 0 unspecified atom stereocenters. The molecular formula is C21H29IN4O2. The Balaban J connectivity index is 0.00000392. The van der Waals surface area contributed by atoms with E-state index in [4.69, 9.17) is 4.74 Å². The Labute approximate surface area is 184 Å². The molecule has 2 aromatic carbocycles. The first-order chi connectivity index (χ1) is 13.1. The summed E-state index contributed by atoms with van der Waals surface area (Å²) in [6, 6.07) is 18.0. The Bertz CT molecular complexity index is 751. The number of nitrogens with one attached hydrogen (secondary N) is 2. The number of ether oxygens (including phenoxy) is 1. The minimum absolute atomic E-state index is 0. The molecule has 0 atom stereocenters. The largest absolute Gasteiger partial charge is 0.484 e. The molecule has 0 aliphatic rings. The third-order valence-electron chi connectivity index (χ3n) is 3.99. The second kappa shape index (κ2) is 13.0. The van der Waals surface area contributed by atoms with Crippen molar-refractivity contribution < 1.29 is 9.53 Å². The molecule has 0 bridgehead atoms. The van der Waals surface area contributed by atoms with Crippen LogP contribution >= 0.6 is 24.0 Å². The van der Waals surface area contributed by atoms with Crippen molar-refractivity contribution >= 4 is 35.8 Å². The highest BCUT2D eigenvalue weighted by Gasteiger charge is 2.05. The number of hydrogen-bond acceptors (Lipinski definition) is 3. The highest BCUT2D eigenvalue weighted by molar-refractivity contribution is 14.0. The quantitative estimate of drug-likeness (QED) is 0.335. The highest BCUT2D eigenvalue weighted by Crippen LogP contribution is 2.13. The summed E-state index contributed by atoms with van der Waals surface area (Å²) in [6.07, 6.45) is 0.935. The molecule has 2 N–H and O–H groups in total. The van der Waals surface area contributed by atoms with Gasteiger partial charge in [-0.3, -0.25) is 9.79 Å². The predicted molar refractivity (Wildman–Crippen MR) is 124 cm³/mol. The lowest BCUT2D eigenvalue weighted by atomic mass is 10.1. The molecule has 0 aliphatic heterocycles. The molecule has 7 heteroatoms. The summed E-state index contributed by atoms with van der Waals surface area (Å²) in [6.45, 7) is 1.45. The van der Waals surface area contributed by atoms with Gasteiger partial charge in [0.2, 0.25) is 0 Å². The Morgan fingerprint density at radius 3 is 2.43 bits per heavy atom. The van der Waals surface area contributed by atoms with E-state index in [2.05, 4.69) is 27.8 Å². The highest BCUT2D eigenvalue weighted by atomic mass is 127. The monoisotopic (exact) mass is 496 g/mol. The topological polar surface area (TPSA) is 66.0 Å². The van der Waals surface area contributed by atoms with Crippen LogP contribution in [0, 0.1) is 0 Å². The van der Waals surface area contributed by atoms with E-state index < -0.39 is 0 Å². The summed E-state index contributed by atoms with van der Waals surface area (Å²) < 4.78 is 5.55. The molecule has 6 nitrogen and oxygen atoms in total. The van der Waals surface area contributed by atoms with E-state index in [1.165, 1.54) is 10.5 Å². The van der Waals surface area contributed by atoms with Crippen molar-refractivity contribution in [1.29, 1.82) is 0 Å². The average molecular weight is 496 g/mol. The average Bonchev–Trinajstić information content (AvgIpc) is 2.69. The SMILES string of the molecule is CN=C(NCCc1ccccc1)NCc1cccc(OCC(=O)N(C)C)c1.I. The van der Waals surface area contributed by atoms with Gasteiger partial charge in [0.25, 0.3) is 5.91 Å². The molecule has 0 fully saturated rings. The zero-order valence-corrected chi connectivity index (χ0v) is 19.0. The number of guanidine groups is 1. The number of carbonyl (C=O) groups excluding carboxylic acids is 1. The number of hydrogen-bond donors (Lipinski definition) is 2. The molecule has 2 rings (SSSR count). The molecule has 0 aromatic heterocycles. The Hall–Kier alpha value is -2.29. The van der Waals surface area contributed by atoms with Gasteiger partial charge in [0, 0.05) is 34.2 Å². The maximum Gasteiger partial charge on any atom is 0.259 e. The van der Waals surface area contributed by atoms with Crippen LogP contribution in [0.3, 0.4) is 0 Å². The summed E-state index contributed by atoms with van der Waals surface area (Å²) in [5.41, 5.74) is 2.34. The molecule has 0 radical (unpaired) electrons. The summed E-state index contributed by atoms with van der Waals surface area (Å²) >= 11 is 0. The first-order valence-electron chi connectivity index (χ1n) is 8.99. The van der Waals surface area contributed by atoms with Crippen molar-refractivity contribution in [2.24, 2.45) is 4.99 Å². The second-order valence-electron chi connectivity index (χ2n) is 6.31. The lowest BCUT2D eigenvalue weighted by molar-refractivity contribution is -0.130. The van der Waals surface area contributed by atoms with Crippen LogP contribution in [-0.4, -0.2) is 51.1 Å². The minimum atomic E-state index is -0.0680. The van der Waals surface area contributed by atoms with Crippen molar-refractivity contribution in [2.75, 3.05) is 34.3 Å². The Morgan fingerprint density at radius 2 is 1.75 bits per heavy atom. The first kappa shape index (κ1) is 23.7. The number of likely N-dealkylation sites (N-methyl/N-ethyl adjacent to an activating group) is 1. The maximum absolute atomic E-state index is 11.6. The molecule has 0 saturated heterocycles. The third-order valence-corrected chi connectivity index (χ3v) is 3.99. The zero-order chi connectivity index (χ0) is 19.5. The van der Waals surface area contributed by atoms with Crippen LogP contribution in [0.2, 0.25) is 0 Å². The molecule has 2 aromatic rings. The van der Waals surface area contributed by atoms with Gasteiger partial charge >= 0.3 is 0 Å². The van der Waals surface area contributed by atoms with E-state index in [0.717, 1.165) is 24.5 Å². The molecule has 0 heterocycles. The van der Waals surface area contributed by atoms with Gasteiger partial charge in [-0.25, -0.2) is 0 Å². The van der Waals surface area contributed by atoms with E-state index in [1.54, 1.807) is 21.1 Å². The van der Waals surface area contributed by atoms with Crippen LogP contribution in [0.4, 0.5) is 0 Å². The van der Waals surface area contributed by atoms with E-state index in [-0.39, 0.29) is 36.5 Å². The Morgan fingerprint density at radius 1 is 1.04 bits per heavy atom. The van der Waals surface area contributed by atoms with Crippen molar-refractivity contribution in [3.63, 3.8) is 0 Å². The fourth-order valence-electron chi connectivity index (χ4n) is 2.40. The summed E-state index contributed by atoms with van der Waals surface area (Å²) in [4.78, 5) is 17.4. The van der Waals surface area contributed by atoms with Gasteiger partial charge in [0.1, 0.15) is 5.75 Å². The van der Waals surface area contributed by atoms with Crippen molar-refractivity contribution in [3.05, 3.63) is 65.7 Å². The van der Waals surface area contributed by atoms with Gasteiger partial charge in [-0.05, 0) is 29.7 Å². The molecule has 0 aliphatic carbocycles. The number of aliphatic imine (C=N–C) groups is 1. The van der Waals surface area contributed by atoms with Crippen molar-refractivity contribution in [2.45, 2.75) is 13.0 Å². The van der Waals surface area contributed by atoms with Crippen LogP contribution in [0.25, 0.3) is 0 Å². The van der Waals surface area contributed by atoms with Crippen LogP contribution < -0.4 is 15.4 Å². The fraction of sp³-hybridized carbons (Fsp3) is 0.333. The molecule has 152 valence electrons. The number of amides is 1. The van der Waals surface area contributed by atoms with E-state index >= 15 is 0 Å². The first-order valence-corrected chi connectivity index (χ1v) is 8.99. The van der Waals surface area contributed by atoms with E-state index in [0.29, 0.717) is 12.3 Å². The molecule has 0 saturated carbocycles. The fourth-order valence-corrected chi connectivity index (χ4v) is 2.40. The lowest BCUT2D eigenvalue weighted by Gasteiger charge is -2.14. The van der Waals surface area contributed by atoms with E-state index in [9.17, 15) is 4.79 Å². The van der Waals surface area contributed by atoms with Gasteiger partial charge < -0.3 is 20.3 Å². The van der Waals surface area contributed by atoms with Crippen LogP contribution in [-0.2, 0) is 17.8 Å². The summed E-state index contributed by atoms with van der Waals surface area (Å²) in [5, 5.41) is 6.60. The Kier molecular flexibility index (Phi) is 11.0. The minimum Gasteiger partial charge on any atom is -0.484 e. The molecular weight excluding hydrogens is 467 g/mol. The van der Waals surface area contributed by atoms with E-state index in [1.807, 2.05) is 42.5 Å².